The molecule has 0 atom stereocenters. The SMILES string of the molecule is Cc1cc(Br)ccc1-c1cccc(C(=O)O)c1. The summed E-state index contributed by atoms with van der Waals surface area (Å²) in [5.41, 5.74) is 3.40. The van der Waals surface area contributed by atoms with Crippen molar-refractivity contribution in [2.24, 2.45) is 0 Å². The number of hydrogen-bond acceptors (Lipinski definition) is 1. The largest absolute Gasteiger partial charge is 0.478 e. The van der Waals surface area contributed by atoms with E-state index < -0.39 is 5.97 Å². The minimum Gasteiger partial charge on any atom is -0.478 e. The fourth-order valence-electron chi connectivity index (χ4n) is 1.77. The average molecular weight is 291 g/mol. The second kappa shape index (κ2) is 4.72. The Labute approximate surface area is 108 Å². The van der Waals surface area contributed by atoms with Crippen LogP contribution >= 0.6 is 15.9 Å². The molecule has 1 N–H and O–H groups in total. The molecule has 0 saturated heterocycles. The molecule has 0 aliphatic heterocycles. The normalized spacial score (nSPS) is 10.2. The molecule has 3 heteroatoms. The van der Waals surface area contributed by atoms with Gasteiger partial charge < -0.3 is 5.11 Å². The maximum absolute atomic E-state index is 10.9. The predicted octanol–water partition coefficient (Wildman–Crippen LogP) is 4.12. The minimum atomic E-state index is -0.901. The molecule has 2 rings (SSSR count). The lowest BCUT2D eigenvalue weighted by Gasteiger charge is -2.07. The van der Waals surface area contributed by atoms with Crippen LogP contribution in [0, 0.1) is 6.92 Å². The lowest BCUT2D eigenvalue weighted by atomic mass is 9.99. The molecule has 17 heavy (non-hydrogen) atoms. The van der Waals surface area contributed by atoms with Gasteiger partial charge in [-0.3, -0.25) is 0 Å². The highest BCUT2D eigenvalue weighted by molar-refractivity contribution is 9.10. The van der Waals surface area contributed by atoms with E-state index in [1.165, 1.54) is 0 Å². The Kier molecular flexibility index (Phi) is 3.29. The molecular formula is C14H11BrO2. The number of halogens is 1. The summed E-state index contributed by atoms with van der Waals surface area (Å²) in [5, 5.41) is 8.96. The third-order valence-corrected chi connectivity index (χ3v) is 3.10. The maximum Gasteiger partial charge on any atom is 0.335 e. The molecule has 0 fully saturated rings. The molecule has 0 aliphatic carbocycles. The smallest absolute Gasteiger partial charge is 0.335 e. The number of aryl methyl sites for hydroxylation is 1. The number of carboxylic acids is 1. The fourth-order valence-corrected chi connectivity index (χ4v) is 2.25. The first-order valence-electron chi connectivity index (χ1n) is 5.18. The third-order valence-electron chi connectivity index (χ3n) is 2.61. The summed E-state index contributed by atoms with van der Waals surface area (Å²) in [7, 11) is 0. The summed E-state index contributed by atoms with van der Waals surface area (Å²) in [6.45, 7) is 2.01. The molecule has 0 saturated carbocycles. The molecular weight excluding hydrogens is 280 g/mol. The van der Waals surface area contributed by atoms with E-state index in [0.717, 1.165) is 21.2 Å². The Morgan fingerprint density at radius 1 is 1.18 bits per heavy atom. The Balaban J connectivity index is 2.53. The zero-order chi connectivity index (χ0) is 12.4. The van der Waals surface area contributed by atoms with Gasteiger partial charge in [-0.2, -0.15) is 0 Å². The lowest BCUT2D eigenvalue weighted by molar-refractivity contribution is 0.0697. The van der Waals surface area contributed by atoms with Crippen molar-refractivity contribution in [1.82, 2.24) is 0 Å². The second-order valence-corrected chi connectivity index (χ2v) is 4.76. The number of benzene rings is 2. The van der Waals surface area contributed by atoms with Gasteiger partial charge in [0.15, 0.2) is 0 Å². The van der Waals surface area contributed by atoms with Crippen LogP contribution in [0.3, 0.4) is 0 Å². The van der Waals surface area contributed by atoms with Crippen molar-refractivity contribution < 1.29 is 9.90 Å². The molecule has 0 bridgehead atoms. The van der Waals surface area contributed by atoms with E-state index in [0.29, 0.717) is 5.56 Å². The summed E-state index contributed by atoms with van der Waals surface area (Å²) in [6, 6.07) is 12.9. The summed E-state index contributed by atoms with van der Waals surface area (Å²) in [6.07, 6.45) is 0. The first-order chi connectivity index (χ1) is 8.08. The van der Waals surface area contributed by atoms with Crippen LogP contribution in [0.25, 0.3) is 11.1 Å². The van der Waals surface area contributed by atoms with Crippen LogP contribution in [0.2, 0.25) is 0 Å². The van der Waals surface area contributed by atoms with Crippen molar-refractivity contribution >= 4 is 21.9 Å². The second-order valence-electron chi connectivity index (χ2n) is 3.85. The van der Waals surface area contributed by atoms with E-state index in [-0.39, 0.29) is 0 Å². The Bertz CT molecular complexity index is 576. The Hall–Kier alpha value is -1.61. The Morgan fingerprint density at radius 2 is 1.94 bits per heavy atom. The average Bonchev–Trinajstić information content (AvgIpc) is 2.29. The molecule has 2 nitrogen and oxygen atoms in total. The van der Waals surface area contributed by atoms with E-state index in [1.807, 2.05) is 31.2 Å². The number of carboxylic acid groups (broad SMARTS) is 1. The van der Waals surface area contributed by atoms with E-state index in [4.69, 9.17) is 5.11 Å². The molecule has 0 radical (unpaired) electrons. The van der Waals surface area contributed by atoms with Crippen molar-refractivity contribution in [3.63, 3.8) is 0 Å². The van der Waals surface area contributed by atoms with Gasteiger partial charge in [0.1, 0.15) is 0 Å². The Morgan fingerprint density at radius 3 is 2.59 bits per heavy atom. The third kappa shape index (κ3) is 2.56. The van der Waals surface area contributed by atoms with Gasteiger partial charge in [0.25, 0.3) is 0 Å². The number of hydrogen-bond donors (Lipinski definition) is 1. The molecule has 0 unspecified atom stereocenters. The number of aromatic carboxylic acids is 1. The predicted molar refractivity (Wildman–Crippen MR) is 71.3 cm³/mol. The van der Waals surface area contributed by atoms with Crippen molar-refractivity contribution in [3.8, 4) is 11.1 Å². The number of carbonyl (C=O) groups is 1. The van der Waals surface area contributed by atoms with Gasteiger partial charge in [-0.05, 0) is 47.9 Å². The van der Waals surface area contributed by atoms with Crippen LogP contribution in [0.4, 0.5) is 0 Å². The molecule has 86 valence electrons. The van der Waals surface area contributed by atoms with Gasteiger partial charge in [0.05, 0.1) is 5.56 Å². The van der Waals surface area contributed by atoms with Crippen LogP contribution in [-0.2, 0) is 0 Å². The summed E-state index contributed by atoms with van der Waals surface area (Å²) >= 11 is 3.41. The van der Waals surface area contributed by atoms with Crippen LogP contribution < -0.4 is 0 Å². The monoisotopic (exact) mass is 290 g/mol. The van der Waals surface area contributed by atoms with Crippen molar-refractivity contribution in [3.05, 3.63) is 58.1 Å². The molecule has 0 heterocycles. The quantitative estimate of drug-likeness (QED) is 0.903. The van der Waals surface area contributed by atoms with Crippen LogP contribution in [0.5, 0.6) is 0 Å². The standard InChI is InChI=1S/C14H11BrO2/c1-9-7-12(15)5-6-13(9)10-3-2-4-11(8-10)14(16)17/h2-8H,1H3,(H,16,17). The first-order valence-corrected chi connectivity index (χ1v) is 5.97. The summed E-state index contributed by atoms with van der Waals surface area (Å²) in [4.78, 5) is 10.9. The molecule has 0 amide bonds. The van der Waals surface area contributed by atoms with Crippen LogP contribution in [-0.4, -0.2) is 11.1 Å². The van der Waals surface area contributed by atoms with Gasteiger partial charge in [0.2, 0.25) is 0 Å². The van der Waals surface area contributed by atoms with Gasteiger partial charge in [-0.15, -0.1) is 0 Å². The lowest BCUT2D eigenvalue weighted by Crippen LogP contribution is -1.96. The van der Waals surface area contributed by atoms with E-state index in [1.54, 1.807) is 18.2 Å². The highest BCUT2D eigenvalue weighted by atomic mass is 79.9. The molecule has 2 aromatic rings. The number of rotatable bonds is 2. The highest BCUT2D eigenvalue weighted by Crippen LogP contribution is 2.26. The topological polar surface area (TPSA) is 37.3 Å². The summed E-state index contributed by atoms with van der Waals surface area (Å²) in [5.74, 6) is -0.901. The van der Waals surface area contributed by atoms with E-state index in [2.05, 4.69) is 15.9 Å². The van der Waals surface area contributed by atoms with Crippen molar-refractivity contribution in [2.45, 2.75) is 6.92 Å². The van der Waals surface area contributed by atoms with Crippen molar-refractivity contribution in [1.29, 1.82) is 0 Å². The van der Waals surface area contributed by atoms with E-state index in [9.17, 15) is 4.79 Å². The van der Waals surface area contributed by atoms with Gasteiger partial charge >= 0.3 is 5.97 Å². The molecule has 0 aromatic heterocycles. The minimum absolute atomic E-state index is 0.310. The molecule has 0 aliphatic rings. The molecule has 0 spiro atoms. The fraction of sp³-hybridized carbons (Fsp3) is 0.0714. The molecule has 2 aromatic carbocycles. The van der Waals surface area contributed by atoms with Crippen LogP contribution in [0.1, 0.15) is 15.9 Å². The van der Waals surface area contributed by atoms with Gasteiger partial charge in [0, 0.05) is 4.47 Å². The van der Waals surface area contributed by atoms with Crippen molar-refractivity contribution in [2.75, 3.05) is 0 Å². The van der Waals surface area contributed by atoms with Crippen LogP contribution in [0.15, 0.2) is 46.9 Å². The summed E-state index contributed by atoms with van der Waals surface area (Å²) < 4.78 is 1.02. The zero-order valence-corrected chi connectivity index (χ0v) is 10.9. The maximum atomic E-state index is 10.9. The first kappa shape index (κ1) is 11.9. The van der Waals surface area contributed by atoms with Gasteiger partial charge in [-0.1, -0.05) is 34.1 Å². The zero-order valence-electron chi connectivity index (χ0n) is 9.27. The van der Waals surface area contributed by atoms with E-state index >= 15 is 0 Å². The van der Waals surface area contributed by atoms with Gasteiger partial charge in [-0.25, -0.2) is 4.79 Å². The highest BCUT2D eigenvalue weighted by Gasteiger charge is 2.06.